The van der Waals surface area contributed by atoms with Gasteiger partial charge in [-0.05, 0) is 52.0 Å². The monoisotopic (exact) mass is 884 g/mol. The molecule has 10 heteroatoms. The third-order valence-corrected chi connectivity index (χ3v) is 17.5. The molecule has 5 aromatic rings. The molecule has 0 bridgehead atoms. The first-order valence-corrected chi connectivity index (χ1v) is 24.5. The maximum Gasteiger partial charge on any atom is 0.261 e. The molecular formula is C54H64O9Si. The molecule has 64 heavy (non-hydrogen) atoms. The van der Waals surface area contributed by atoms with Crippen molar-refractivity contribution >= 4 is 18.7 Å². The minimum absolute atomic E-state index is 0.225. The van der Waals surface area contributed by atoms with Gasteiger partial charge in [-0.3, -0.25) is 0 Å². The lowest BCUT2D eigenvalue weighted by atomic mass is 9.84. The van der Waals surface area contributed by atoms with Crippen LogP contribution in [0.15, 0.2) is 163 Å². The van der Waals surface area contributed by atoms with Crippen molar-refractivity contribution in [1.29, 1.82) is 0 Å². The smallest absolute Gasteiger partial charge is 0.261 e. The number of allylic oxidation sites excluding steroid dienone is 1. The first-order chi connectivity index (χ1) is 31.0. The number of hydrogen-bond donors (Lipinski definition) is 0. The van der Waals surface area contributed by atoms with Crippen LogP contribution >= 0.6 is 0 Å². The zero-order valence-electron chi connectivity index (χ0n) is 38.0. The summed E-state index contributed by atoms with van der Waals surface area (Å²) in [6.45, 7) is 12.5. The van der Waals surface area contributed by atoms with Gasteiger partial charge in [0.1, 0.15) is 24.4 Å². The van der Waals surface area contributed by atoms with E-state index in [0.29, 0.717) is 39.5 Å². The van der Waals surface area contributed by atoms with Gasteiger partial charge in [-0.15, -0.1) is 0 Å². The Labute approximate surface area is 380 Å². The first-order valence-electron chi connectivity index (χ1n) is 22.6. The predicted molar refractivity (Wildman–Crippen MR) is 250 cm³/mol. The average Bonchev–Trinajstić information content (AvgIpc) is 3.63. The molecule has 0 amide bonds. The highest BCUT2D eigenvalue weighted by Crippen LogP contribution is 2.43. The van der Waals surface area contributed by atoms with Crippen LogP contribution in [-0.2, 0) is 62.1 Å². The number of fused-ring (bicyclic) bond motifs is 1. The van der Waals surface area contributed by atoms with E-state index < -0.39 is 50.9 Å². The first kappa shape index (κ1) is 46.1. The third kappa shape index (κ3) is 10.8. The van der Waals surface area contributed by atoms with Crippen molar-refractivity contribution in [3.8, 4) is 0 Å². The number of benzene rings is 5. The molecule has 0 aromatic heterocycles. The largest absolute Gasteiger partial charge is 0.490 e. The Morgan fingerprint density at radius 3 is 1.61 bits per heavy atom. The second-order valence-electron chi connectivity index (χ2n) is 18.5. The summed E-state index contributed by atoms with van der Waals surface area (Å²) in [4.78, 5) is 0. The Balaban J connectivity index is 1.13. The lowest BCUT2D eigenvalue weighted by Crippen LogP contribution is -2.67. The highest BCUT2D eigenvalue weighted by atomic mass is 28.4. The Kier molecular flexibility index (Phi) is 15.0. The second-order valence-corrected chi connectivity index (χ2v) is 22.8. The summed E-state index contributed by atoms with van der Waals surface area (Å²) in [5, 5.41) is 2.18. The van der Waals surface area contributed by atoms with Crippen LogP contribution in [0.4, 0.5) is 0 Å². The standard InChI is InChI=1S/C54H64O9Si/c1-53(2,3)64(43-28-18-10-19-29-43,44-30-20-11-21-31-44)59-38-48-50-46(62-54(4,5)63-50)33-42(60-48)32-45-47(37-56-34-39-22-12-7-13-23-39)61-52(55-6)51(58-36-41-26-16-9-17-27-41)49(45)57-35-40-24-14-8-15-25-40/h7-31,33,45-52H,32,34-38H2,1-6H3/t45-,46-,47-,48-,49+,50-,51-,52+/m1/s1. The summed E-state index contributed by atoms with van der Waals surface area (Å²) >= 11 is 0. The molecule has 9 nitrogen and oxygen atoms in total. The third-order valence-electron chi connectivity index (χ3n) is 12.5. The summed E-state index contributed by atoms with van der Waals surface area (Å²) in [6, 6.07) is 51.9. The normalized spacial score (nSPS) is 25.6. The van der Waals surface area contributed by atoms with Crippen LogP contribution in [-0.4, -0.2) is 77.3 Å². The molecule has 3 aliphatic rings. The minimum Gasteiger partial charge on any atom is -0.490 e. The molecule has 0 radical (unpaired) electrons. The topological polar surface area (TPSA) is 83.1 Å². The molecule has 338 valence electrons. The summed E-state index contributed by atoms with van der Waals surface area (Å²) in [5.74, 6) is -0.361. The lowest BCUT2D eigenvalue weighted by molar-refractivity contribution is -0.306. The molecule has 0 aliphatic carbocycles. The maximum atomic E-state index is 7.51. The van der Waals surface area contributed by atoms with Crippen molar-refractivity contribution < 1.29 is 42.3 Å². The summed E-state index contributed by atoms with van der Waals surface area (Å²) in [7, 11) is -1.27. The van der Waals surface area contributed by atoms with Crippen LogP contribution in [0.2, 0.25) is 5.04 Å². The van der Waals surface area contributed by atoms with Crippen LogP contribution in [0.1, 0.15) is 57.7 Å². The summed E-state index contributed by atoms with van der Waals surface area (Å²) < 4.78 is 61.2. The molecule has 0 saturated carbocycles. The van der Waals surface area contributed by atoms with Gasteiger partial charge in [0.05, 0.1) is 51.0 Å². The molecule has 2 saturated heterocycles. The van der Waals surface area contributed by atoms with Crippen molar-refractivity contribution in [2.45, 2.75) is 115 Å². The van der Waals surface area contributed by atoms with Crippen molar-refractivity contribution in [3.63, 3.8) is 0 Å². The Morgan fingerprint density at radius 2 is 1.09 bits per heavy atom. The van der Waals surface area contributed by atoms with E-state index >= 15 is 0 Å². The van der Waals surface area contributed by atoms with Gasteiger partial charge < -0.3 is 42.3 Å². The van der Waals surface area contributed by atoms with Crippen molar-refractivity contribution in [2.75, 3.05) is 20.3 Å². The highest BCUT2D eigenvalue weighted by molar-refractivity contribution is 6.99. The molecule has 8 atom stereocenters. The highest BCUT2D eigenvalue weighted by Gasteiger charge is 2.54. The van der Waals surface area contributed by atoms with E-state index in [-0.39, 0.29) is 17.1 Å². The zero-order chi connectivity index (χ0) is 44.6. The lowest BCUT2D eigenvalue weighted by Gasteiger charge is -2.47. The van der Waals surface area contributed by atoms with Crippen molar-refractivity contribution in [1.82, 2.24) is 0 Å². The van der Waals surface area contributed by atoms with Crippen LogP contribution in [0.25, 0.3) is 0 Å². The number of rotatable bonds is 18. The fraction of sp³-hybridized carbons (Fsp3) is 0.407. The Hall–Kier alpha value is -4.46. The molecule has 8 rings (SSSR count). The Morgan fingerprint density at radius 1 is 0.594 bits per heavy atom. The van der Waals surface area contributed by atoms with E-state index in [1.807, 2.05) is 68.4 Å². The molecule has 3 heterocycles. The SMILES string of the molecule is CO[C@H]1O[C@H](COCc2ccccc2)[C@@H](CC2=C[C@H]3OC(C)(C)O[C@H]3[C@@H](CO[Si](c3ccccc3)(c3ccccc3)C(C)(C)C)O2)[C@H](OCc2ccccc2)[C@H]1OCc1ccccc1. The fourth-order valence-corrected chi connectivity index (χ4v) is 14.1. The number of hydrogen-bond acceptors (Lipinski definition) is 9. The summed E-state index contributed by atoms with van der Waals surface area (Å²) in [5.41, 5.74) is 3.17. The van der Waals surface area contributed by atoms with Gasteiger partial charge in [0, 0.05) is 19.4 Å². The van der Waals surface area contributed by atoms with E-state index in [1.165, 1.54) is 10.4 Å². The quantitative estimate of drug-likeness (QED) is 0.0801. The molecule has 0 unspecified atom stereocenters. The molecule has 2 fully saturated rings. The predicted octanol–water partition coefficient (Wildman–Crippen LogP) is 9.13. The van der Waals surface area contributed by atoms with Gasteiger partial charge >= 0.3 is 0 Å². The van der Waals surface area contributed by atoms with E-state index in [1.54, 1.807) is 7.11 Å². The van der Waals surface area contributed by atoms with Crippen LogP contribution in [0.5, 0.6) is 0 Å². The average molecular weight is 885 g/mol. The molecule has 0 spiro atoms. The van der Waals surface area contributed by atoms with Crippen molar-refractivity contribution in [3.05, 3.63) is 180 Å². The van der Waals surface area contributed by atoms with Crippen LogP contribution < -0.4 is 10.4 Å². The Bertz CT molecular complexity index is 2160. The van der Waals surface area contributed by atoms with Crippen LogP contribution in [0, 0.1) is 5.92 Å². The molecular weight excluding hydrogens is 821 g/mol. The number of methoxy groups -OCH3 is 1. The minimum atomic E-state index is -2.93. The van der Waals surface area contributed by atoms with E-state index in [0.717, 1.165) is 22.4 Å². The zero-order valence-corrected chi connectivity index (χ0v) is 39.0. The molecule has 0 N–H and O–H groups in total. The van der Waals surface area contributed by atoms with Gasteiger partial charge in [-0.25, -0.2) is 0 Å². The van der Waals surface area contributed by atoms with Gasteiger partial charge in [0.25, 0.3) is 8.32 Å². The van der Waals surface area contributed by atoms with E-state index in [4.69, 9.17) is 42.3 Å². The van der Waals surface area contributed by atoms with E-state index in [9.17, 15) is 0 Å². The fourth-order valence-electron chi connectivity index (χ4n) is 9.52. The maximum absolute atomic E-state index is 7.51. The number of ether oxygens (including phenoxy) is 8. The second kappa shape index (κ2) is 20.8. The summed E-state index contributed by atoms with van der Waals surface area (Å²) in [6.07, 6.45) is -0.959. The van der Waals surface area contributed by atoms with Crippen LogP contribution in [0.3, 0.4) is 0 Å². The molecule has 3 aliphatic heterocycles. The van der Waals surface area contributed by atoms with Gasteiger partial charge in [0.2, 0.25) is 0 Å². The molecule has 5 aromatic carbocycles. The van der Waals surface area contributed by atoms with E-state index in [2.05, 4.69) is 124 Å². The van der Waals surface area contributed by atoms with Crippen molar-refractivity contribution in [2.24, 2.45) is 5.92 Å². The van der Waals surface area contributed by atoms with Gasteiger partial charge in [-0.2, -0.15) is 0 Å². The van der Waals surface area contributed by atoms with Gasteiger partial charge in [0.15, 0.2) is 12.1 Å². The van der Waals surface area contributed by atoms with Gasteiger partial charge in [-0.1, -0.05) is 172 Å².